The molecule has 1 aliphatic heterocycles. The summed E-state index contributed by atoms with van der Waals surface area (Å²) in [7, 11) is 1.33. The average Bonchev–Trinajstić information content (AvgIpc) is 2.76. The zero-order valence-corrected chi connectivity index (χ0v) is 18.0. The molecule has 1 aliphatic rings. The Labute approximate surface area is 181 Å². The van der Waals surface area contributed by atoms with Crippen LogP contribution in [0.2, 0.25) is 0 Å². The van der Waals surface area contributed by atoms with Crippen molar-refractivity contribution >= 4 is 11.8 Å². The zero-order chi connectivity index (χ0) is 22.4. The van der Waals surface area contributed by atoms with E-state index >= 15 is 0 Å². The van der Waals surface area contributed by atoms with Crippen molar-refractivity contribution < 1.29 is 9.53 Å². The van der Waals surface area contributed by atoms with Gasteiger partial charge < -0.3 is 15.4 Å². The van der Waals surface area contributed by atoms with Crippen LogP contribution in [0.4, 0.5) is 5.82 Å². The van der Waals surface area contributed by atoms with Gasteiger partial charge in [-0.05, 0) is 30.9 Å². The van der Waals surface area contributed by atoms with E-state index in [1.165, 1.54) is 22.3 Å². The molecule has 2 N–H and O–H groups in total. The third-order valence-electron chi connectivity index (χ3n) is 5.46. The zero-order valence-electron chi connectivity index (χ0n) is 18.0. The van der Waals surface area contributed by atoms with Gasteiger partial charge >= 0.3 is 11.7 Å². The van der Waals surface area contributed by atoms with Crippen molar-refractivity contribution in [2.75, 3.05) is 25.1 Å². The number of benzene rings is 1. The first-order valence-electron chi connectivity index (χ1n) is 10.3. The maximum Gasteiger partial charge on any atom is 0.333 e. The number of piperidine rings is 1. The Hall–Kier alpha value is -3.31. The number of rotatable bonds is 6. The topological polar surface area (TPSA) is 99.6 Å². The number of methoxy groups -OCH3 is 1. The first-order chi connectivity index (χ1) is 14.9. The van der Waals surface area contributed by atoms with E-state index in [1.807, 2.05) is 17.0 Å². The van der Waals surface area contributed by atoms with E-state index < -0.39 is 11.2 Å². The second-order valence-electron chi connectivity index (χ2n) is 7.59. The number of carbonyl (C=O) groups excluding carboxylic acids is 1. The molecule has 0 saturated carbocycles. The van der Waals surface area contributed by atoms with Crippen LogP contribution >= 0.6 is 0 Å². The van der Waals surface area contributed by atoms with E-state index in [0.717, 1.165) is 19.4 Å². The number of carbonyl (C=O) groups is 1. The summed E-state index contributed by atoms with van der Waals surface area (Å²) in [5.74, 6) is 5.91. The summed E-state index contributed by atoms with van der Waals surface area (Å²) >= 11 is 0. The summed E-state index contributed by atoms with van der Waals surface area (Å²) in [6.45, 7) is 3.27. The Morgan fingerprint density at radius 2 is 1.97 bits per heavy atom. The molecule has 2 aromatic rings. The maximum atomic E-state index is 13.3. The number of hydrogen-bond acceptors (Lipinski definition) is 6. The van der Waals surface area contributed by atoms with Gasteiger partial charge in [0.15, 0.2) is 0 Å². The number of hydrogen-bond donors (Lipinski definition) is 1. The third kappa shape index (κ3) is 5.25. The van der Waals surface area contributed by atoms with Crippen LogP contribution in [0.25, 0.3) is 0 Å². The van der Waals surface area contributed by atoms with Crippen LogP contribution in [0.1, 0.15) is 30.9 Å². The maximum absolute atomic E-state index is 13.3. The molecule has 1 aromatic carbocycles. The Kier molecular flexibility index (Phi) is 7.32. The van der Waals surface area contributed by atoms with Gasteiger partial charge in [-0.15, -0.1) is 5.92 Å². The van der Waals surface area contributed by atoms with Gasteiger partial charge in [-0.3, -0.25) is 18.7 Å². The van der Waals surface area contributed by atoms with Crippen molar-refractivity contribution in [3.05, 3.63) is 62.3 Å². The number of nitrogens with zero attached hydrogens (tertiary/aromatic N) is 3. The highest BCUT2D eigenvalue weighted by Gasteiger charge is 2.22. The summed E-state index contributed by atoms with van der Waals surface area (Å²) in [5, 5.41) is 0. The second kappa shape index (κ2) is 10.1. The quantitative estimate of drug-likeness (QED) is 0.542. The van der Waals surface area contributed by atoms with Crippen LogP contribution in [-0.4, -0.2) is 41.3 Å². The van der Waals surface area contributed by atoms with E-state index in [2.05, 4.69) is 11.8 Å². The molecule has 0 aliphatic carbocycles. The molecule has 1 aromatic heterocycles. The number of ether oxygens (including phenoxy) is 1. The van der Waals surface area contributed by atoms with Crippen LogP contribution in [-0.2, 0) is 29.0 Å². The number of nitrogens with two attached hydrogens (primary N) is 1. The minimum Gasteiger partial charge on any atom is -0.469 e. The largest absolute Gasteiger partial charge is 0.469 e. The van der Waals surface area contributed by atoms with E-state index in [0.29, 0.717) is 23.5 Å². The lowest BCUT2D eigenvalue weighted by molar-refractivity contribution is -0.139. The molecular formula is C23H28N4O4. The molecule has 0 spiro atoms. The number of anilines is 1. The van der Waals surface area contributed by atoms with Crippen LogP contribution in [0.15, 0.2) is 39.9 Å². The molecule has 8 heteroatoms. The summed E-state index contributed by atoms with van der Waals surface area (Å²) in [4.78, 5) is 40.1. The Balaban J connectivity index is 2.04. The molecule has 1 saturated heterocycles. The van der Waals surface area contributed by atoms with Crippen LogP contribution in [0, 0.1) is 11.8 Å². The van der Waals surface area contributed by atoms with Crippen LogP contribution in [0.5, 0.6) is 0 Å². The molecule has 164 valence electrons. The van der Waals surface area contributed by atoms with E-state index in [1.54, 1.807) is 19.1 Å². The van der Waals surface area contributed by atoms with Gasteiger partial charge in [0.25, 0.3) is 5.56 Å². The van der Waals surface area contributed by atoms with Crippen molar-refractivity contribution in [2.24, 2.45) is 5.73 Å². The molecule has 0 unspecified atom stereocenters. The van der Waals surface area contributed by atoms with Gasteiger partial charge in [-0.1, -0.05) is 30.2 Å². The summed E-state index contributed by atoms with van der Waals surface area (Å²) in [6.07, 6.45) is 1.89. The first-order valence-corrected chi connectivity index (χ1v) is 10.3. The van der Waals surface area contributed by atoms with Crippen molar-refractivity contribution in [1.29, 1.82) is 0 Å². The minimum absolute atomic E-state index is 0.00203. The molecule has 1 atom stereocenters. The summed E-state index contributed by atoms with van der Waals surface area (Å²) < 4.78 is 7.47. The molecule has 0 radical (unpaired) electrons. The Morgan fingerprint density at radius 1 is 1.23 bits per heavy atom. The molecular weight excluding hydrogens is 396 g/mol. The Morgan fingerprint density at radius 3 is 2.65 bits per heavy atom. The van der Waals surface area contributed by atoms with Gasteiger partial charge in [0.1, 0.15) is 5.82 Å². The van der Waals surface area contributed by atoms with Crippen molar-refractivity contribution in [3.63, 3.8) is 0 Å². The first kappa shape index (κ1) is 22.4. The number of aromatic nitrogens is 2. The molecule has 8 nitrogen and oxygen atoms in total. The van der Waals surface area contributed by atoms with Gasteiger partial charge in [-0.25, -0.2) is 4.79 Å². The smallest absolute Gasteiger partial charge is 0.333 e. The Bertz CT molecular complexity index is 1120. The third-order valence-corrected chi connectivity index (χ3v) is 5.46. The highest BCUT2D eigenvalue weighted by Crippen LogP contribution is 2.17. The predicted molar refractivity (Wildman–Crippen MR) is 119 cm³/mol. The normalized spacial score (nSPS) is 15.8. The van der Waals surface area contributed by atoms with Crippen molar-refractivity contribution in [3.8, 4) is 11.8 Å². The fraction of sp³-hybridized carbons (Fsp3) is 0.435. The summed E-state index contributed by atoms with van der Waals surface area (Å²) in [6, 6.07) is 8.70. The van der Waals surface area contributed by atoms with Gasteiger partial charge in [0.05, 0.1) is 26.6 Å². The standard InChI is InChI=1S/C23H28N4O4/c1-3-4-12-26-20(25-11-7-10-19(24)16-25)14-21(28)27(23(26)30)15-18-9-6-5-8-17(18)13-22(29)31-2/h5-6,8-9,14,19H,7,10-13,15-16,24H2,1-2H3/t19-/m1/s1. The second-order valence-corrected chi connectivity index (χ2v) is 7.59. The lowest BCUT2D eigenvalue weighted by Crippen LogP contribution is -2.48. The van der Waals surface area contributed by atoms with Gasteiger partial charge in [0, 0.05) is 25.2 Å². The highest BCUT2D eigenvalue weighted by atomic mass is 16.5. The highest BCUT2D eigenvalue weighted by molar-refractivity contribution is 5.72. The monoisotopic (exact) mass is 424 g/mol. The SMILES string of the molecule is CC#CCn1c(N2CCC[C@@H](N)C2)cc(=O)n(Cc2ccccc2CC(=O)OC)c1=O. The molecule has 31 heavy (non-hydrogen) atoms. The van der Waals surface area contributed by atoms with Crippen molar-refractivity contribution in [1.82, 2.24) is 9.13 Å². The van der Waals surface area contributed by atoms with Gasteiger partial charge in [-0.2, -0.15) is 0 Å². The van der Waals surface area contributed by atoms with E-state index in [9.17, 15) is 14.4 Å². The molecule has 1 fully saturated rings. The molecule has 0 amide bonds. The fourth-order valence-electron chi connectivity index (χ4n) is 3.82. The van der Waals surface area contributed by atoms with Crippen LogP contribution in [0.3, 0.4) is 0 Å². The molecule has 2 heterocycles. The van der Waals surface area contributed by atoms with E-state index in [4.69, 9.17) is 10.5 Å². The average molecular weight is 425 g/mol. The lowest BCUT2D eigenvalue weighted by Gasteiger charge is -2.33. The number of esters is 1. The summed E-state index contributed by atoms with van der Waals surface area (Å²) in [5.41, 5.74) is 6.71. The van der Waals surface area contributed by atoms with Crippen molar-refractivity contribution in [2.45, 2.75) is 45.3 Å². The van der Waals surface area contributed by atoms with Crippen LogP contribution < -0.4 is 21.9 Å². The molecule has 3 rings (SSSR count). The predicted octanol–water partition coefficient (Wildman–Crippen LogP) is 0.725. The fourth-order valence-corrected chi connectivity index (χ4v) is 3.82. The van der Waals surface area contributed by atoms with E-state index in [-0.39, 0.29) is 31.5 Å². The minimum atomic E-state index is -0.433. The van der Waals surface area contributed by atoms with Gasteiger partial charge in [0.2, 0.25) is 0 Å². The lowest BCUT2D eigenvalue weighted by atomic mass is 10.0. The molecule has 0 bridgehead atoms.